The molecule has 1 aliphatic carbocycles. The van der Waals surface area contributed by atoms with Crippen LogP contribution in [0.15, 0.2) is 0 Å². The molecule has 1 fully saturated rings. The van der Waals surface area contributed by atoms with Crippen LogP contribution >= 0.6 is 0 Å². The van der Waals surface area contributed by atoms with Crippen LogP contribution in [0.1, 0.15) is 31.5 Å². The average molecular weight is 238 g/mol. The first-order valence-electron chi connectivity index (χ1n) is 5.51. The molecule has 0 aliphatic heterocycles. The molecule has 0 saturated heterocycles. The molecule has 1 aliphatic rings. The van der Waals surface area contributed by atoms with Gasteiger partial charge < -0.3 is 10.1 Å². The van der Waals surface area contributed by atoms with Gasteiger partial charge in [-0.3, -0.25) is 10.1 Å². The van der Waals surface area contributed by atoms with Crippen LogP contribution in [0, 0.1) is 10.1 Å². The molecule has 1 N–H and O–H groups in total. The SMILES string of the molecule is CCNc1nc(C2CC2)nc(OC)c1[N+](=O)[O-]. The number of nitrogens with one attached hydrogen (secondary N) is 1. The summed E-state index contributed by atoms with van der Waals surface area (Å²) in [5.74, 6) is 1.22. The van der Waals surface area contributed by atoms with Crippen LogP contribution < -0.4 is 10.1 Å². The van der Waals surface area contributed by atoms with Crippen LogP contribution in [0.2, 0.25) is 0 Å². The summed E-state index contributed by atoms with van der Waals surface area (Å²) in [6.07, 6.45) is 2.07. The fraction of sp³-hybridized carbons (Fsp3) is 0.600. The lowest BCUT2D eigenvalue weighted by Crippen LogP contribution is -2.09. The van der Waals surface area contributed by atoms with E-state index in [2.05, 4.69) is 15.3 Å². The highest BCUT2D eigenvalue weighted by atomic mass is 16.6. The molecule has 7 heteroatoms. The maximum atomic E-state index is 11.0. The van der Waals surface area contributed by atoms with E-state index in [0.717, 1.165) is 12.8 Å². The van der Waals surface area contributed by atoms with Crippen LogP contribution in [0.4, 0.5) is 11.5 Å². The maximum absolute atomic E-state index is 11.0. The monoisotopic (exact) mass is 238 g/mol. The van der Waals surface area contributed by atoms with E-state index in [9.17, 15) is 10.1 Å². The van der Waals surface area contributed by atoms with E-state index in [4.69, 9.17) is 4.74 Å². The third-order valence-corrected chi connectivity index (χ3v) is 2.53. The van der Waals surface area contributed by atoms with Gasteiger partial charge >= 0.3 is 5.69 Å². The second-order valence-electron chi connectivity index (χ2n) is 3.85. The number of methoxy groups -OCH3 is 1. The van der Waals surface area contributed by atoms with Gasteiger partial charge in [0.25, 0.3) is 5.88 Å². The lowest BCUT2D eigenvalue weighted by atomic mass is 10.3. The van der Waals surface area contributed by atoms with Gasteiger partial charge in [-0.25, -0.2) is 4.98 Å². The highest BCUT2D eigenvalue weighted by molar-refractivity contribution is 5.61. The first-order chi connectivity index (χ1) is 8.17. The molecule has 1 saturated carbocycles. The van der Waals surface area contributed by atoms with Crippen molar-refractivity contribution < 1.29 is 9.66 Å². The first kappa shape index (κ1) is 11.6. The molecule has 0 radical (unpaired) electrons. The summed E-state index contributed by atoms with van der Waals surface area (Å²) in [7, 11) is 1.38. The van der Waals surface area contributed by atoms with Crippen LogP contribution in [0.3, 0.4) is 0 Å². The average Bonchev–Trinajstić information content (AvgIpc) is 3.11. The summed E-state index contributed by atoms with van der Waals surface area (Å²) in [6.45, 7) is 2.42. The maximum Gasteiger partial charge on any atom is 0.372 e. The van der Waals surface area contributed by atoms with E-state index in [1.807, 2.05) is 6.92 Å². The Morgan fingerprint density at radius 3 is 2.71 bits per heavy atom. The first-order valence-corrected chi connectivity index (χ1v) is 5.51. The van der Waals surface area contributed by atoms with Gasteiger partial charge in [-0.2, -0.15) is 4.98 Å². The summed E-state index contributed by atoms with van der Waals surface area (Å²) >= 11 is 0. The number of hydrogen-bond donors (Lipinski definition) is 1. The highest BCUT2D eigenvalue weighted by Gasteiger charge is 2.32. The van der Waals surface area contributed by atoms with Crippen molar-refractivity contribution in [2.75, 3.05) is 19.0 Å². The van der Waals surface area contributed by atoms with Gasteiger partial charge in [-0.05, 0) is 19.8 Å². The Kier molecular flexibility index (Phi) is 3.08. The van der Waals surface area contributed by atoms with Crippen molar-refractivity contribution in [2.45, 2.75) is 25.7 Å². The Morgan fingerprint density at radius 1 is 1.53 bits per heavy atom. The molecule has 1 aromatic heterocycles. The fourth-order valence-electron chi connectivity index (χ4n) is 1.57. The zero-order valence-corrected chi connectivity index (χ0v) is 9.77. The Balaban J connectivity index is 2.50. The Labute approximate surface area is 98.4 Å². The third-order valence-electron chi connectivity index (χ3n) is 2.53. The lowest BCUT2D eigenvalue weighted by Gasteiger charge is -2.08. The van der Waals surface area contributed by atoms with Crippen molar-refractivity contribution in [3.05, 3.63) is 15.9 Å². The van der Waals surface area contributed by atoms with Crippen LogP contribution in [-0.2, 0) is 0 Å². The molecule has 0 atom stereocenters. The zero-order valence-electron chi connectivity index (χ0n) is 9.77. The number of nitrogens with zero attached hydrogens (tertiary/aromatic N) is 3. The second kappa shape index (κ2) is 4.52. The smallest absolute Gasteiger partial charge is 0.372 e. The van der Waals surface area contributed by atoms with Gasteiger partial charge in [0.1, 0.15) is 5.82 Å². The van der Waals surface area contributed by atoms with Gasteiger partial charge in [-0.15, -0.1) is 0 Å². The normalized spacial score (nSPS) is 14.5. The Hall–Kier alpha value is -1.92. The number of aromatic nitrogens is 2. The molecular formula is C10H14N4O3. The summed E-state index contributed by atoms with van der Waals surface area (Å²) in [5.41, 5.74) is -0.196. The van der Waals surface area contributed by atoms with Gasteiger partial charge in [0.15, 0.2) is 0 Å². The Morgan fingerprint density at radius 2 is 2.24 bits per heavy atom. The summed E-state index contributed by atoms with van der Waals surface area (Å²) in [5, 5.41) is 13.9. The number of anilines is 1. The minimum Gasteiger partial charge on any atom is -0.476 e. The number of nitro groups is 1. The molecular weight excluding hydrogens is 224 g/mol. The molecule has 92 valence electrons. The van der Waals surface area contributed by atoms with E-state index in [1.54, 1.807) is 0 Å². The molecule has 0 amide bonds. The number of rotatable bonds is 5. The predicted octanol–water partition coefficient (Wildman–Crippen LogP) is 1.70. The van der Waals surface area contributed by atoms with Gasteiger partial charge in [-0.1, -0.05) is 0 Å². The topological polar surface area (TPSA) is 90.2 Å². The number of ether oxygens (including phenoxy) is 1. The van der Waals surface area contributed by atoms with Crippen molar-refractivity contribution in [3.63, 3.8) is 0 Å². The quantitative estimate of drug-likeness (QED) is 0.620. The summed E-state index contributed by atoms with van der Waals surface area (Å²) in [6, 6.07) is 0. The van der Waals surface area contributed by atoms with Crippen LogP contribution in [0.25, 0.3) is 0 Å². The van der Waals surface area contributed by atoms with E-state index < -0.39 is 4.92 Å². The van der Waals surface area contributed by atoms with E-state index >= 15 is 0 Å². The van der Waals surface area contributed by atoms with Crippen molar-refractivity contribution in [3.8, 4) is 5.88 Å². The van der Waals surface area contributed by atoms with E-state index in [0.29, 0.717) is 18.3 Å². The zero-order chi connectivity index (χ0) is 12.4. The largest absolute Gasteiger partial charge is 0.476 e. The summed E-state index contributed by atoms with van der Waals surface area (Å²) in [4.78, 5) is 18.8. The van der Waals surface area contributed by atoms with Gasteiger partial charge in [0.05, 0.1) is 12.0 Å². The molecule has 0 bridgehead atoms. The second-order valence-corrected chi connectivity index (χ2v) is 3.85. The minimum absolute atomic E-state index is 0.0304. The highest BCUT2D eigenvalue weighted by Crippen LogP contribution is 2.41. The standard InChI is InChI=1S/C10H14N4O3/c1-3-11-9-7(14(15)16)10(17-2)13-8(12-9)6-4-5-6/h6H,3-5H2,1-2H3,(H,11,12,13). The summed E-state index contributed by atoms with van der Waals surface area (Å²) < 4.78 is 4.98. The van der Waals surface area contributed by atoms with Gasteiger partial charge in [0.2, 0.25) is 5.82 Å². The molecule has 2 rings (SSSR count). The molecule has 1 heterocycles. The van der Waals surface area contributed by atoms with Crippen molar-refractivity contribution in [1.29, 1.82) is 0 Å². The third kappa shape index (κ3) is 2.27. The predicted molar refractivity (Wildman–Crippen MR) is 61.4 cm³/mol. The minimum atomic E-state index is -0.520. The van der Waals surface area contributed by atoms with Crippen LogP contribution in [-0.4, -0.2) is 28.5 Å². The van der Waals surface area contributed by atoms with E-state index in [-0.39, 0.29) is 17.4 Å². The van der Waals surface area contributed by atoms with E-state index in [1.165, 1.54) is 7.11 Å². The van der Waals surface area contributed by atoms with Gasteiger partial charge in [0, 0.05) is 12.5 Å². The van der Waals surface area contributed by atoms with Crippen molar-refractivity contribution >= 4 is 11.5 Å². The number of hydrogen-bond acceptors (Lipinski definition) is 6. The molecule has 7 nitrogen and oxygen atoms in total. The molecule has 0 spiro atoms. The van der Waals surface area contributed by atoms with Crippen molar-refractivity contribution in [2.24, 2.45) is 0 Å². The van der Waals surface area contributed by atoms with Crippen molar-refractivity contribution in [1.82, 2.24) is 9.97 Å². The Bertz CT molecular complexity index is 445. The fourth-order valence-corrected chi connectivity index (χ4v) is 1.57. The van der Waals surface area contributed by atoms with Crippen LogP contribution in [0.5, 0.6) is 5.88 Å². The molecule has 0 aromatic carbocycles. The molecule has 0 unspecified atom stereocenters. The lowest BCUT2D eigenvalue weighted by molar-refractivity contribution is -0.385. The molecule has 17 heavy (non-hydrogen) atoms. The molecule has 1 aromatic rings.